The molecule has 2 N–H and O–H groups in total. The first-order chi connectivity index (χ1) is 13.2. The Morgan fingerprint density at radius 2 is 2.11 bits per heavy atom. The monoisotopic (exact) mass is 424 g/mol. The van der Waals surface area contributed by atoms with E-state index in [1.165, 1.54) is 0 Å². The molecule has 1 aromatic rings. The van der Waals surface area contributed by atoms with E-state index in [2.05, 4.69) is 15.8 Å². The highest BCUT2D eigenvalue weighted by molar-refractivity contribution is 7.90. The number of ether oxygens (including phenoxy) is 1. The fourth-order valence-corrected chi connectivity index (χ4v) is 5.71. The maximum atomic E-state index is 13.1. The second-order valence-corrected chi connectivity index (χ2v) is 9.57. The van der Waals surface area contributed by atoms with E-state index >= 15 is 0 Å². The standard InChI is InChI=1S/C20H25ClN2O4S/c1-20(2)18(15-10-6-7-11-16(15)21)28(25,26)23-19(27-20)22-17(12-13-24)14-8-4-3-5-9-14/h4,6-11,17-18,24H,3,5,12-13H2,1-2H3,(H,22,23)/t17-,18?/m0/s1. The van der Waals surface area contributed by atoms with Gasteiger partial charge >= 0.3 is 0 Å². The number of allylic oxidation sites excluding steroid dienone is 2. The van der Waals surface area contributed by atoms with Crippen molar-refractivity contribution >= 4 is 27.6 Å². The van der Waals surface area contributed by atoms with E-state index < -0.39 is 20.9 Å². The molecule has 2 atom stereocenters. The van der Waals surface area contributed by atoms with Crippen LogP contribution in [0.5, 0.6) is 0 Å². The van der Waals surface area contributed by atoms with Gasteiger partial charge in [0.1, 0.15) is 10.9 Å². The number of nitrogens with one attached hydrogen (secondary N) is 1. The van der Waals surface area contributed by atoms with E-state index in [4.69, 9.17) is 16.3 Å². The van der Waals surface area contributed by atoms with Gasteiger partial charge in [0.05, 0.1) is 6.04 Å². The Morgan fingerprint density at radius 3 is 2.71 bits per heavy atom. The first-order valence-corrected chi connectivity index (χ1v) is 11.2. The third-order valence-corrected chi connectivity index (χ3v) is 7.05. The first kappa shape index (κ1) is 20.9. The summed E-state index contributed by atoms with van der Waals surface area (Å²) in [6, 6.07) is 6.39. The van der Waals surface area contributed by atoms with Gasteiger partial charge in [-0.25, -0.2) is 18.1 Å². The molecular formula is C20H25ClN2O4S. The predicted octanol–water partition coefficient (Wildman–Crippen LogP) is 3.49. The van der Waals surface area contributed by atoms with Crippen LogP contribution in [0.1, 0.15) is 43.9 Å². The van der Waals surface area contributed by atoms with Gasteiger partial charge in [0.2, 0.25) is 10.0 Å². The lowest BCUT2D eigenvalue weighted by atomic mass is 9.97. The molecule has 1 aromatic carbocycles. The van der Waals surface area contributed by atoms with Crippen molar-refractivity contribution in [2.45, 2.75) is 50.0 Å². The van der Waals surface area contributed by atoms with Gasteiger partial charge in [-0.05, 0) is 50.3 Å². The number of sulfonamides is 1. The highest BCUT2D eigenvalue weighted by Crippen LogP contribution is 2.41. The minimum absolute atomic E-state index is 0.0633. The molecule has 2 aliphatic rings. The summed E-state index contributed by atoms with van der Waals surface area (Å²) in [6.07, 6.45) is 8.29. The second kappa shape index (κ2) is 8.27. The van der Waals surface area contributed by atoms with Crippen LogP contribution in [0, 0.1) is 0 Å². The van der Waals surface area contributed by atoms with Crippen molar-refractivity contribution in [3.8, 4) is 0 Å². The number of hydrogen-bond donors (Lipinski definition) is 2. The van der Waals surface area contributed by atoms with E-state index in [9.17, 15) is 13.5 Å². The third kappa shape index (κ3) is 4.42. The molecule has 1 fully saturated rings. The molecule has 28 heavy (non-hydrogen) atoms. The molecule has 1 saturated heterocycles. The van der Waals surface area contributed by atoms with Crippen molar-refractivity contribution in [1.82, 2.24) is 4.72 Å². The number of aliphatic imine (C=N–C) groups is 1. The Hall–Kier alpha value is -1.83. The molecule has 1 heterocycles. The molecule has 8 heteroatoms. The smallest absolute Gasteiger partial charge is 0.299 e. The van der Waals surface area contributed by atoms with Crippen molar-refractivity contribution in [3.63, 3.8) is 0 Å². The molecule has 0 saturated carbocycles. The van der Waals surface area contributed by atoms with Gasteiger partial charge in [-0.15, -0.1) is 0 Å². The molecule has 1 aliphatic carbocycles. The van der Waals surface area contributed by atoms with Crippen LogP contribution in [0.15, 0.2) is 53.1 Å². The van der Waals surface area contributed by atoms with Crippen LogP contribution in [0.2, 0.25) is 5.02 Å². The lowest BCUT2D eigenvalue weighted by Gasteiger charge is -2.39. The minimum Gasteiger partial charge on any atom is -0.457 e. The average molecular weight is 425 g/mol. The molecule has 6 nitrogen and oxygen atoms in total. The van der Waals surface area contributed by atoms with E-state index in [-0.39, 0.29) is 18.7 Å². The molecule has 0 bridgehead atoms. The van der Waals surface area contributed by atoms with Crippen LogP contribution in [-0.4, -0.2) is 37.8 Å². The van der Waals surface area contributed by atoms with E-state index in [0.29, 0.717) is 17.0 Å². The Morgan fingerprint density at radius 1 is 1.36 bits per heavy atom. The topological polar surface area (TPSA) is 88.0 Å². The van der Waals surface area contributed by atoms with Gasteiger partial charge < -0.3 is 9.84 Å². The number of halogens is 1. The van der Waals surface area contributed by atoms with E-state index in [1.807, 2.05) is 12.2 Å². The third-order valence-electron chi connectivity index (χ3n) is 4.80. The second-order valence-electron chi connectivity index (χ2n) is 7.40. The van der Waals surface area contributed by atoms with Gasteiger partial charge in [0, 0.05) is 11.6 Å². The van der Waals surface area contributed by atoms with Gasteiger partial charge in [-0.1, -0.05) is 48.0 Å². The molecule has 1 unspecified atom stereocenters. The van der Waals surface area contributed by atoms with Crippen LogP contribution in [0.3, 0.4) is 0 Å². The van der Waals surface area contributed by atoms with Crippen molar-refractivity contribution in [2.24, 2.45) is 4.99 Å². The highest BCUT2D eigenvalue weighted by Gasteiger charge is 2.49. The zero-order valence-electron chi connectivity index (χ0n) is 15.9. The summed E-state index contributed by atoms with van der Waals surface area (Å²) < 4.78 is 34.6. The van der Waals surface area contributed by atoms with Crippen molar-refractivity contribution in [1.29, 1.82) is 0 Å². The van der Waals surface area contributed by atoms with Crippen LogP contribution in [0.4, 0.5) is 0 Å². The number of benzene rings is 1. The lowest BCUT2D eigenvalue weighted by molar-refractivity contribution is 0.0761. The first-order valence-electron chi connectivity index (χ1n) is 9.25. The zero-order chi connectivity index (χ0) is 20.4. The molecule has 0 aromatic heterocycles. The average Bonchev–Trinajstić information content (AvgIpc) is 2.62. The molecule has 0 radical (unpaired) electrons. The Labute approximate surface area is 171 Å². The van der Waals surface area contributed by atoms with Crippen molar-refractivity contribution in [2.75, 3.05) is 6.61 Å². The maximum absolute atomic E-state index is 13.1. The van der Waals surface area contributed by atoms with Gasteiger partial charge in [0.25, 0.3) is 6.02 Å². The number of nitrogens with zero attached hydrogens (tertiary/aromatic N) is 1. The Bertz CT molecular complexity index is 922. The fourth-order valence-electron chi connectivity index (χ4n) is 3.61. The number of rotatable bonds is 5. The molecule has 152 valence electrons. The molecule has 0 amide bonds. The lowest BCUT2D eigenvalue weighted by Crippen LogP contribution is -2.54. The molecule has 0 spiro atoms. The van der Waals surface area contributed by atoms with Crippen molar-refractivity contribution in [3.05, 3.63) is 58.7 Å². The quantitative estimate of drug-likeness (QED) is 0.757. The molecular weight excluding hydrogens is 400 g/mol. The summed E-state index contributed by atoms with van der Waals surface area (Å²) in [7, 11) is -3.84. The van der Waals surface area contributed by atoms with E-state index in [1.54, 1.807) is 38.1 Å². The summed E-state index contributed by atoms with van der Waals surface area (Å²) in [6.45, 7) is 3.34. The summed E-state index contributed by atoms with van der Waals surface area (Å²) in [4.78, 5) is 4.48. The predicted molar refractivity (Wildman–Crippen MR) is 111 cm³/mol. The molecule has 1 aliphatic heterocycles. The SMILES string of the molecule is CC1(C)OC(=N[C@@H](CCO)C2=CCCC=C2)NS(=O)(=O)C1c1ccccc1Cl. The van der Waals surface area contributed by atoms with Gasteiger partial charge in [-0.2, -0.15) is 0 Å². The molecule has 3 rings (SSSR count). The van der Waals surface area contributed by atoms with Crippen LogP contribution in [-0.2, 0) is 14.8 Å². The van der Waals surface area contributed by atoms with Gasteiger partial charge in [0.15, 0.2) is 0 Å². The largest absolute Gasteiger partial charge is 0.457 e. The number of aliphatic hydroxyl groups is 1. The van der Waals surface area contributed by atoms with Crippen LogP contribution < -0.4 is 4.72 Å². The van der Waals surface area contributed by atoms with Crippen LogP contribution in [0.25, 0.3) is 0 Å². The summed E-state index contributed by atoms with van der Waals surface area (Å²) >= 11 is 6.25. The van der Waals surface area contributed by atoms with Crippen molar-refractivity contribution < 1.29 is 18.3 Å². The maximum Gasteiger partial charge on any atom is 0.299 e. The van der Waals surface area contributed by atoms with Crippen LogP contribution >= 0.6 is 11.6 Å². The summed E-state index contributed by atoms with van der Waals surface area (Å²) in [5.74, 6) is 0. The fraction of sp³-hybridized carbons (Fsp3) is 0.450. The number of amidine groups is 1. The normalized spacial score (nSPS) is 25.5. The van der Waals surface area contributed by atoms with Gasteiger partial charge in [-0.3, -0.25) is 0 Å². The highest BCUT2D eigenvalue weighted by atomic mass is 35.5. The Balaban J connectivity index is 1.95. The number of hydrogen-bond acceptors (Lipinski definition) is 5. The minimum atomic E-state index is -3.84. The summed E-state index contributed by atoms with van der Waals surface area (Å²) in [5, 5.41) is 8.79. The van der Waals surface area contributed by atoms with E-state index in [0.717, 1.165) is 18.4 Å². The number of aliphatic hydroxyl groups excluding tert-OH is 1. The Kier molecular flexibility index (Phi) is 6.17. The summed E-state index contributed by atoms with van der Waals surface area (Å²) in [5.41, 5.74) is 0.334. The zero-order valence-corrected chi connectivity index (χ0v) is 17.5.